The molecule has 0 radical (unpaired) electrons. The molecule has 0 saturated carbocycles. The van der Waals surface area contributed by atoms with Crippen LogP contribution >= 0.6 is 11.6 Å². The molecule has 0 N–H and O–H groups in total. The second-order valence-corrected chi connectivity index (χ2v) is 4.93. The summed E-state index contributed by atoms with van der Waals surface area (Å²) in [5, 5.41) is -0.890. The first-order valence-corrected chi connectivity index (χ1v) is 6.10. The van der Waals surface area contributed by atoms with Gasteiger partial charge in [-0.2, -0.15) is 0 Å². The lowest BCUT2D eigenvalue weighted by molar-refractivity contribution is -0.116. The number of carbonyl (C=O) groups is 1. The average molecular weight is 303 g/mol. The standard InChI is InChI=1S/C14H10ClF3O2/c1-14(13(15)19,7-8-3-2-6-20-8)9-4-5-10(16)12(18)11(9)17/h2-6H,7H2,1H3. The van der Waals surface area contributed by atoms with Gasteiger partial charge in [-0.05, 0) is 36.7 Å². The Morgan fingerprint density at radius 3 is 2.50 bits per heavy atom. The fourth-order valence-electron chi connectivity index (χ4n) is 1.98. The Morgan fingerprint density at radius 2 is 1.95 bits per heavy atom. The second kappa shape index (κ2) is 5.32. The summed E-state index contributed by atoms with van der Waals surface area (Å²) in [7, 11) is 0. The first-order valence-electron chi connectivity index (χ1n) is 5.72. The van der Waals surface area contributed by atoms with Crippen LogP contribution in [0.15, 0.2) is 34.9 Å². The molecule has 1 heterocycles. The molecule has 6 heteroatoms. The molecule has 0 spiro atoms. The molecule has 0 bridgehead atoms. The minimum absolute atomic E-state index is 0.0652. The van der Waals surface area contributed by atoms with Crippen LogP contribution in [0.2, 0.25) is 0 Å². The summed E-state index contributed by atoms with van der Waals surface area (Å²) >= 11 is 5.54. The highest BCUT2D eigenvalue weighted by Gasteiger charge is 2.38. The molecule has 1 aromatic carbocycles. The topological polar surface area (TPSA) is 30.2 Å². The van der Waals surface area contributed by atoms with Crippen LogP contribution in [0.3, 0.4) is 0 Å². The minimum atomic E-state index is -1.63. The Labute approximate surface area is 118 Å². The smallest absolute Gasteiger partial charge is 0.232 e. The van der Waals surface area contributed by atoms with E-state index in [9.17, 15) is 18.0 Å². The third kappa shape index (κ3) is 2.45. The zero-order valence-corrected chi connectivity index (χ0v) is 11.2. The summed E-state index contributed by atoms with van der Waals surface area (Å²) in [6.07, 6.45) is 1.32. The highest BCUT2D eigenvalue weighted by Crippen LogP contribution is 2.34. The number of hydrogen-bond donors (Lipinski definition) is 0. The number of carbonyl (C=O) groups excluding carboxylic acids is 1. The van der Waals surface area contributed by atoms with E-state index in [2.05, 4.69) is 0 Å². The molecule has 1 unspecified atom stereocenters. The van der Waals surface area contributed by atoms with Crippen molar-refractivity contribution in [3.8, 4) is 0 Å². The summed E-state index contributed by atoms with van der Waals surface area (Å²) in [6.45, 7) is 1.35. The fourth-order valence-corrected chi connectivity index (χ4v) is 2.15. The van der Waals surface area contributed by atoms with Crippen LogP contribution in [-0.4, -0.2) is 5.24 Å². The lowest BCUT2D eigenvalue weighted by atomic mass is 9.79. The summed E-state index contributed by atoms with van der Waals surface area (Å²) in [5.74, 6) is -4.00. The first-order chi connectivity index (χ1) is 9.36. The summed E-state index contributed by atoms with van der Waals surface area (Å²) in [6, 6.07) is 4.94. The Bertz CT molecular complexity index is 640. The molecule has 20 heavy (non-hydrogen) atoms. The number of furan rings is 1. The lowest BCUT2D eigenvalue weighted by Gasteiger charge is -2.25. The van der Waals surface area contributed by atoms with Crippen molar-refractivity contribution < 1.29 is 22.4 Å². The zero-order chi connectivity index (χ0) is 14.9. The average Bonchev–Trinajstić information content (AvgIpc) is 2.88. The second-order valence-electron chi connectivity index (χ2n) is 4.58. The van der Waals surface area contributed by atoms with Crippen LogP contribution < -0.4 is 0 Å². The maximum absolute atomic E-state index is 13.9. The third-order valence-corrected chi connectivity index (χ3v) is 3.59. The van der Waals surface area contributed by atoms with Crippen molar-refractivity contribution in [2.45, 2.75) is 18.8 Å². The minimum Gasteiger partial charge on any atom is -0.469 e. The Morgan fingerprint density at radius 1 is 1.25 bits per heavy atom. The van der Waals surface area contributed by atoms with Crippen LogP contribution in [0.25, 0.3) is 0 Å². The number of rotatable bonds is 4. The van der Waals surface area contributed by atoms with Gasteiger partial charge in [-0.1, -0.05) is 6.07 Å². The van der Waals surface area contributed by atoms with Crippen molar-refractivity contribution in [2.75, 3.05) is 0 Å². The predicted octanol–water partition coefficient (Wildman–Crippen LogP) is 3.96. The van der Waals surface area contributed by atoms with E-state index in [1.165, 1.54) is 13.2 Å². The maximum Gasteiger partial charge on any atom is 0.232 e. The molecular formula is C14H10ClF3O2. The van der Waals surface area contributed by atoms with E-state index in [0.29, 0.717) is 5.76 Å². The van der Waals surface area contributed by atoms with Gasteiger partial charge in [0.15, 0.2) is 17.5 Å². The molecule has 0 saturated heterocycles. The van der Waals surface area contributed by atoms with E-state index in [0.717, 1.165) is 12.1 Å². The third-order valence-electron chi connectivity index (χ3n) is 3.17. The van der Waals surface area contributed by atoms with E-state index in [1.54, 1.807) is 12.1 Å². The van der Waals surface area contributed by atoms with Crippen molar-refractivity contribution in [2.24, 2.45) is 0 Å². The Kier molecular flexibility index (Phi) is 3.90. The van der Waals surface area contributed by atoms with Crippen molar-refractivity contribution in [1.29, 1.82) is 0 Å². The fraction of sp³-hybridized carbons (Fsp3) is 0.214. The zero-order valence-electron chi connectivity index (χ0n) is 10.4. The van der Waals surface area contributed by atoms with Gasteiger partial charge >= 0.3 is 0 Å². The number of benzene rings is 1. The largest absolute Gasteiger partial charge is 0.469 e. The van der Waals surface area contributed by atoms with Crippen LogP contribution in [0.1, 0.15) is 18.2 Å². The van der Waals surface area contributed by atoms with Crippen LogP contribution in [0.4, 0.5) is 13.2 Å². The van der Waals surface area contributed by atoms with Crippen molar-refractivity contribution >= 4 is 16.8 Å². The number of halogens is 4. The van der Waals surface area contributed by atoms with Gasteiger partial charge in [0.2, 0.25) is 5.24 Å². The van der Waals surface area contributed by atoms with E-state index >= 15 is 0 Å². The van der Waals surface area contributed by atoms with Crippen LogP contribution in [0.5, 0.6) is 0 Å². The van der Waals surface area contributed by atoms with Gasteiger partial charge in [0.1, 0.15) is 5.76 Å². The molecule has 1 atom stereocenters. The van der Waals surface area contributed by atoms with Gasteiger partial charge < -0.3 is 4.42 Å². The SMILES string of the molecule is CC(Cc1ccco1)(C(=O)Cl)c1ccc(F)c(F)c1F. The molecule has 2 aromatic rings. The van der Waals surface area contributed by atoms with Crippen LogP contribution in [-0.2, 0) is 16.6 Å². The summed E-state index contributed by atoms with van der Waals surface area (Å²) in [5.41, 5.74) is -1.87. The van der Waals surface area contributed by atoms with E-state index in [1.807, 2.05) is 0 Å². The predicted molar refractivity (Wildman–Crippen MR) is 66.9 cm³/mol. The lowest BCUT2D eigenvalue weighted by Crippen LogP contribution is -2.33. The quantitative estimate of drug-likeness (QED) is 0.632. The molecule has 0 aliphatic carbocycles. The van der Waals surface area contributed by atoms with Gasteiger partial charge in [0.25, 0.3) is 0 Å². The molecule has 1 aromatic heterocycles. The normalized spacial score (nSPS) is 14.1. The van der Waals surface area contributed by atoms with Gasteiger partial charge in [-0.3, -0.25) is 4.79 Å². The van der Waals surface area contributed by atoms with Gasteiger partial charge in [-0.15, -0.1) is 0 Å². The maximum atomic E-state index is 13.9. The monoisotopic (exact) mass is 302 g/mol. The van der Waals surface area contributed by atoms with Crippen LogP contribution in [0, 0.1) is 17.5 Å². The van der Waals surface area contributed by atoms with E-state index < -0.39 is 28.1 Å². The summed E-state index contributed by atoms with van der Waals surface area (Å²) < 4.78 is 45.3. The first kappa shape index (κ1) is 14.7. The number of hydrogen-bond acceptors (Lipinski definition) is 2. The molecule has 0 amide bonds. The van der Waals surface area contributed by atoms with Gasteiger partial charge in [0.05, 0.1) is 11.7 Å². The van der Waals surface area contributed by atoms with Crippen molar-refractivity contribution in [1.82, 2.24) is 0 Å². The van der Waals surface area contributed by atoms with E-state index in [4.69, 9.17) is 16.0 Å². The molecule has 0 aliphatic rings. The molecule has 106 valence electrons. The molecule has 0 aliphatic heterocycles. The Hall–Kier alpha value is -1.75. The highest BCUT2D eigenvalue weighted by atomic mass is 35.5. The summed E-state index contributed by atoms with van der Waals surface area (Å²) in [4.78, 5) is 11.7. The molecule has 2 nitrogen and oxygen atoms in total. The highest BCUT2D eigenvalue weighted by molar-refractivity contribution is 6.65. The van der Waals surface area contributed by atoms with Gasteiger partial charge in [0, 0.05) is 12.0 Å². The molecular weight excluding hydrogens is 293 g/mol. The Balaban J connectivity index is 2.53. The van der Waals surface area contributed by atoms with Gasteiger partial charge in [-0.25, -0.2) is 13.2 Å². The molecule has 0 fully saturated rings. The van der Waals surface area contributed by atoms with Crippen molar-refractivity contribution in [3.05, 3.63) is 59.3 Å². The van der Waals surface area contributed by atoms with E-state index in [-0.39, 0.29) is 12.0 Å². The molecule has 2 rings (SSSR count). The van der Waals surface area contributed by atoms with Crippen molar-refractivity contribution in [3.63, 3.8) is 0 Å².